The fourth-order valence-electron chi connectivity index (χ4n) is 2.73. The first-order chi connectivity index (χ1) is 11.1. The summed E-state index contributed by atoms with van der Waals surface area (Å²) in [5.74, 6) is -0.368. The van der Waals surface area contributed by atoms with Crippen LogP contribution in [0.3, 0.4) is 0 Å². The third-order valence-electron chi connectivity index (χ3n) is 3.95. The first-order valence-electron chi connectivity index (χ1n) is 7.64. The van der Waals surface area contributed by atoms with Crippen LogP contribution in [0.4, 0.5) is 0 Å². The molecule has 7 nitrogen and oxygen atoms in total. The van der Waals surface area contributed by atoms with E-state index < -0.39 is 0 Å². The van der Waals surface area contributed by atoms with Gasteiger partial charge in [-0.25, -0.2) is 0 Å². The molecule has 1 aliphatic rings. The van der Waals surface area contributed by atoms with Gasteiger partial charge in [-0.1, -0.05) is 12.1 Å². The molecule has 1 saturated heterocycles. The second-order valence-corrected chi connectivity index (χ2v) is 5.55. The van der Waals surface area contributed by atoms with Crippen LogP contribution in [0.15, 0.2) is 35.3 Å². The molecule has 2 amide bonds. The zero-order chi connectivity index (χ0) is 16.2. The lowest BCUT2D eigenvalue weighted by molar-refractivity contribution is -0.132. The highest BCUT2D eigenvalue weighted by Crippen LogP contribution is 2.08. The van der Waals surface area contributed by atoms with Crippen molar-refractivity contribution in [3.8, 4) is 0 Å². The smallest absolute Gasteiger partial charge is 0.242 e. The highest BCUT2D eigenvalue weighted by molar-refractivity contribution is 5.86. The molecule has 0 saturated carbocycles. The van der Waals surface area contributed by atoms with Gasteiger partial charge in [-0.3, -0.25) is 19.1 Å². The van der Waals surface area contributed by atoms with Gasteiger partial charge in [0.25, 0.3) is 0 Å². The van der Waals surface area contributed by atoms with Gasteiger partial charge in [0.1, 0.15) is 6.54 Å². The van der Waals surface area contributed by atoms with Gasteiger partial charge in [-0.2, -0.15) is 5.10 Å². The Morgan fingerprint density at radius 2 is 1.91 bits per heavy atom. The quantitative estimate of drug-likeness (QED) is 0.870. The van der Waals surface area contributed by atoms with E-state index in [4.69, 9.17) is 0 Å². The molecule has 0 bridgehead atoms. The van der Waals surface area contributed by atoms with E-state index in [1.54, 1.807) is 29.2 Å². The zero-order valence-electron chi connectivity index (χ0n) is 12.7. The van der Waals surface area contributed by atoms with E-state index >= 15 is 0 Å². The van der Waals surface area contributed by atoms with Crippen LogP contribution in [0, 0.1) is 0 Å². The summed E-state index contributed by atoms with van der Waals surface area (Å²) in [6.07, 6.45) is 3.24. The van der Waals surface area contributed by atoms with Gasteiger partial charge >= 0.3 is 0 Å². The number of para-hydroxylation sites is 1. The highest BCUT2D eigenvalue weighted by atomic mass is 16.2. The van der Waals surface area contributed by atoms with Crippen molar-refractivity contribution < 1.29 is 9.59 Å². The van der Waals surface area contributed by atoms with Crippen molar-refractivity contribution in [2.45, 2.75) is 19.4 Å². The van der Waals surface area contributed by atoms with Crippen molar-refractivity contribution in [2.24, 2.45) is 0 Å². The second kappa shape index (κ2) is 6.60. The number of benzene rings is 1. The summed E-state index contributed by atoms with van der Waals surface area (Å²) in [5, 5.41) is 7.13. The van der Waals surface area contributed by atoms with Crippen LogP contribution >= 0.6 is 0 Å². The molecule has 2 aromatic rings. The lowest BCUT2D eigenvalue weighted by atomic mass is 10.2. The first-order valence-corrected chi connectivity index (χ1v) is 7.64. The summed E-state index contributed by atoms with van der Waals surface area (Å²) in [4.78, 5) is 37.5. The fourth-order valence-corrected chi connectivity index (χ4v) is 2.73. The monoisotopic (exact) mass is 314 g/mol. The molecule has 1 aromatic heterocycles. The molecule has 0 aliphatic carbocycles. The van der Waals surface area contributed by atoms with Crippen molar-refractivity contribution >= 4 is 22.7 Å². The van der Waals surface area contributed by atoms with E-state index in [-0.39, 0.29) is 30.3 Å². The Morgan fingerprint density at radius 3 is 2.70 bits per heavy atom. The standard InChI is InChI=1S/C16H18N4O3/c21-14-9-18-20(13-6-2-1-5-12(13)14)11-15(22)17-10-16(23)19-7-3-4-8-19/h1-2,5-6,9H,3-4,7-8,10-11H2,(H,17,22). The number of likely N-dealkylation sites (tertiary alicyclic amines) is 1. The third-order valence-corrected chi connectivity index (χ3v) is 3.95. The number of hydrogen-bond acceptors (Lipinski definition) is 4. The van der Waals surface area contributed by atoms with Crippen LogP contribution in [0.2, 0.25) is 0 Å². The van der Waals surface area contributed by atoms with E-state index in [0.717, 1.165) is 25.9 Å². The van der Waals surface area contributed by atoms with E-state index in [0.29, 0.717) is 10.9 Å². The topological polar surface area (TPSA) is 84.3 Å². The molecule has 1 fully saturated rings. The number of carbonyl (C=O) groups excluding carboxylic acids is 2. The number of fused-ring (bicyclic) bond motifs is 1. The van der Waals surface area contributed by atoms with Crippen molar-refractivity contribution in [1.82, 2.24) is 20.0 Å². The predicted molar refractivity (Wildman–Crippen MR) is 84.8 cm³/mol. The minimum absolute atomic E-state index is 0.00301. The molecule has 1 aromatic carbocycles. The minimum atomic E-state index is -0.307. The Balaban J connectivity index is 1.65. The molecule has 0 atom stereocenters. The summed E-state index contributed by atoms with van der Waals surface area (Å²) in [5.41, 5.74) is 0.419. The van der Waals surface area contributed by atoms with Gasteiger partial charge in [-0.15, -0.1) is 0 Å². The molecule has 1 N–H and O–H groups in total. The van der Waals surface area contributed by atoms with Crippen LogP contribution in [0.5, 0.6) is 0 Å². The lowest BCUT2D eigenvalue weighted by Gasteiger charge is -2.15. The Labute approximate surface area is 132 Å². The number of carbonyl (C=O) groups is 2. The maximum Gasteiger partial charge on any atom is 0.242 e. The van der Waals surface area contributed by atoms with Crippen LogP contribution in [-0.2, 0) is 16.1 Å². The number of hydrogen-bond donors (Lipinski definition) is 1. The molecular formula is C16H18N4O3. The van der Waals surface area contributed by atoms with Gasteiger partial charge in [0.15, 0.2) is 0 Å². The SMILES string of the molecule is O=C(Cn1ncc(=O)c2ccccc21)NCC(=O)N1CCCC1. The van der Waals surface area contributed by atoms with Crippen molar-refractivity contribution in [3.05, 3.63) is 40.7 Å². The van der Waals surface area contributed by atoms with Gasteiger partial charge in [0, 0.05) is 18.5 Å². The first kappa shape index (κ1) is 15.2. The molecule has 0 spiro atoms. The highest BCUT2D eigenvalue weighted by Gasteiger charge is 2.18. The Morgan fingerprint density at radius 1 is 1.17 bits per heavy atom. The largest absolute Gasteiger partial charge is 0.345 e. The Kier molecular flexibility index (Phi) is 4.36. The number of nitrogens with one attached hydrogen (secondary N) is 1. The maximum absolute atomic E-state index is 12.0. The van der Waals surface area contributed by atoms with Crippen molar-refractivity contribution in [2.75, 3.05) is 19.6 Å². The predicted octanol–water partition coefficient (Wildman–Crippen LogP) is 0.135. The molecule has 3 rings (SSSR count). The zero-order valence-corrected chi connectivity index (χ0v) is 12.7. The molecule has 23 heavy (non-hydrogen) atoms. The fraction of sp³-hybridized carbons (Fsp3) is 0.375. The van der Waals surface area contributed by atoms with Crippen molar-refractivity contribution in [3.63, 3.8) is 0 Å². The molecule has 0 unspecified atom stereocenters. The van der Waals surface area contributed by atoms with Crippen LogP contribution < -0.4 is 10.7 Å². The van der Waals surface area contributed by atoms with E-state index in [2.05, 4.69) is 10.4 Å². The molecule has 7 heteroatoms. The summed E-state index contributed by atoms with van der Waals surface area (Å²) >= 11 is 0. The van der Waals surface area contributed by atoms with Crippen molar-refractivity contribution in [1.29, 1.82) is 0 Å². The average Bonchev–Trinajstić information content (AvgIpc) is 3.10. The average molecular weight is 314 g/mol. The van der Waals surface area contributed by atoms with E-state index in [1.165, 1.54) is 10.9 Å². The second-order valence-electron chi connectivity index (χ2n) is 5.55. The summed E-state index contributed by atoms with van der Waals surface area (Å²) in [6.45, 7) is 1.49. The minimum Gasteiger partial charge on any atom is -0.345 e. The molecule has 1 aliphatic heterocycles. The van der Waals surface area contributed by atoms with Crippen LogP contribution in [0.1, 0.15) is 12.8 Å². The van der Waals surface area contributed by atoms with Gasteiger partial charge in [-0.05, 0) is 25.0 Å². The molecular weight excluding hydrogens is 296 g/mol. The number of nitrogens with zero attached hydrogens (tertiary/aromatic N) is 3. The summed E-state index contributed by atoms with van der Waals surface area (Å²) in [7, 11) is 0. The molecule has 2 heterocycles. The van der Waals surface area contributed by atoms with Crippen LogP contribution in [-0.4, -0.2) is 46.1 Å². The number of aromatic nitrogens is 2. The maximum atomic E-state index is 12.0. The number of rotatable bonds is 4. The Bertz CT molecular complexity index is 793. The van der Waals surface area contributed by atoms with Gasteiger partial charge < -0.3 is 10.2 Å². The Hall–Kier alpha value is -2.70. The van der Waals surface area contributed by atoms with E-state index in [1.807, 2.05) is 0 Å². The van der Waals surface area contributed by atoms with Gasteiger partial charge in [0.2, 0.25) is 17.2 Å². The molecule has 0 radical (unpaired) electrons. The van der Waals surface area contributed by atoms with Gasteiger partial charge in [0.05, 0.1) is 18.3 Å². The number of amides is 2. The third kappa shape index (κ3) is 3.39. The summed E-state index contributed by atoms with van der Waals surface area (Å²) in [6, 6.07) is 6.99. The van der Waals surface area contributed by atoms with Crippen LogP contribution in [0.25, 0.3) is 10.9 Å². The lowest BCUT2D eigenvalue weighted by Crippen LogP contribution is -2.40. The normalized spacial score (nSPS) is 14.2. The summed E-state index contributed by atoms with van der Waals surface area (Å²) < 4.78 is 1.46. The molecule has 120 valence electrons. The van der Waals surface area contributed by atoms with E-state index in [9.17, 15) is 14.4 Å².